The van der Waals surface area contributed by atoms with Gasteiger partial charge in [0.25, 0.3) is 0 Å². The molecule has 94 valence electrons. The van der Waals surface area contributed by atoms with Gasteiger partial charge in [-0.15, -0.1) is 0 Å². The summed E-state index contributed by atoms with van der Waals surface area (Å²) < 4.78 is 13.7. The Kier molecular flexibility index (Phi) is 3.82. The third kappa shape index (κ3) is 2.80. The number of hydrogen-bond donors (Lipinski definition) is 1. The first-order chi connectivity index (χ1) is 8.70. The summed E-state index contributed by atoms with van der Waals surface area (Å²) in [6.45, 7) is 4.16. The van der Waals surface area contributed by atoms with Crippen molar-refractivity contribution in [2.24, 2.45) is 0 Å². The Morgan fingerprint density at radius 2 is 2.11 bits per heavy atom. The van der Waals surface area contributed by atoms with Crippen LogP contribution in [-0.2, 0) is 6.42 Å². The van der Waals surface area contributed by atoms with Gasteiger partial charge in [-0.2, -0.15) is 0 Å². The molecular formula is C13H15FN4. The molecule has 0 fully saturated rings. The maximum atomic E-state index is 13.7. The Morgan fingerprint density at radius 3 is 2.78 bits per heavy atom. The van der Waals surface area contributed by atoms with Crippen molar-refractivity contribution in [2.75, 3.05) is 11.9 Å². The fraction of sp³-hybridized carbons (Fsp3) is 0.308. The molecule has 18 heavy (non-hydrogen) atoms. The molecule has 0 aliphatic rings. The molecule has 0 saturated carbocycles. The van der Waals surface area contributed by atoms with E-state index in [9.17, 15) is 4.39 Å². The zero-order chi connectivity index (χ0) is 13.0. The second kappa shape index (κ2) is 5.53. The zero-order valence-corrected chi connectivity index (χ0v) is 10.4. The average Bonchev–Trinajstić information content (AvgIpc) is 2.37. The number of halogens is 1. The van der Waals surface area contributed by atoms with Crippen molar-refractivity contribution in [3.63, 3.8) is 0 Å². The highest BCUT2D eigenvalue weighted by atomic mass is 19.1. The van der Waals surface area contributed by atoms with Crippen molar-refractivity contribution in [1.29, 1.82) is 0 Å². The van der Waals surface area contributed by atoms with Crippen molar-refractivity contribution in [3.8, 4) is 0 Å². The summed E-state index contributed by atoms with van der Waals surface area (Å²) in [5, 5.41) is 2.90. The first kappa shape index (κ1) is 12.4. The van der Waals surface area contributed by atoms with Crippen molar-refractivity contribution in [3.05, 3.63) is 47.4 Å². The second-order valence-electron chi connectivity index (χ2n) is 3.92. The summed E-state index contributed by atoms with van der Waals surface area (Å²) in [7, 11) is 0. The van der Waals surface area contributed by atoms with Crippen molar-refractivity contribution in [1.82, 2.24) is 15.0 Å². The molecule has 2 aromatic rings. The monoisotopic (exact) mass is 246 g/mol. The lowest BCUT2D eigenvalue weighted by Crippen LogP contribution is -2.09. The molecule has 2 heterocycles. The summed E-state index contributed by atoms with van der Waals surface area (Å²) in [5.41, 5.74) is 1.22. The van der Waals surface area contributed by atoms with Gasteiger partial charge in [0.15, 0.2) is 11.6 Å². The van der Waals surface area contributed by atoms with E-state index < -0.39 is 0 Å². The summed E-state index contributed by atoms with van der Waals surface area (Å²) in [5.74, 6) is 0.445. The predicted octanol–water partition coefficient (Wildman–Crippen LogP) is 2.34. The highest BCUT2D eigenvalue weighted by Gasteiger charge is 2.11. The number of aromatic nitrogens is 3. The van der Waals surface area contributed by atoms with Crippen LogP contribution in [0.15, 0.2) is 24.4 Å². The summed E-state index contributed by atoms with van der Waals surface area (Å²) in [6, 6.07) is 5.66. The van der Waals surface area contributed by atoms with Crippen molar-refractivity contribution in [2.45, 2.75) is 20.3 Å². The molecule has 4 nitrogen and oxygen atoms in total. The number of aryl methyl sites for hydroxylation is 1. The van der Waals surface area contributed by atoms with Gasteiger partial charge >= 0.3 is 0 Å². The fourth-order valence-electron chi connectivity index (χ4n) is 1.65. The lowest BCUT2D eigenvalue weighted by atomic mass is 10.2. The highest BCUT2D eigenvalue weighted by Crippen LogP contribution is 2.15. The van der Waals surface area contributed by atoms with Crippen LogP contribution in [0.5, 0.6) is 0 Å². The van der Waals surface area contributed by atoms with E-state index in [4.69, 9.17) is 0 Å². The molecule has 0 unspecified atom stereocenters. The third-order valence-corrected chi connectivity index (χ3v) is 2.47. The van der Waals surface area contributed by atoms with Crippen LogP contribution in [0.3, 0.4) is 0 Å². The quantitative estimate of drug-likeness (QED) is 0.899. The first-order valence-corrected chi connectivity index (χ1v) is 5.87. The Labute approximate surface area is 105 Å². The van der Waals surface area contributed by atoms with E-state index in [1.54, 1.807) is 13.1 Å². The molecule has 5 heteroatoms. The molecular weight excluding hydrogens is 231 g/mol. The van der Waals surface area contributed by atoms with Crippen LogP contribution in [0.1, 0.15) is 24.1 Å². The summed E-state index contributed by atoms with van der Waals surface area (Å²) in [4.78, 5) is 12.5. The Morgan fingerprint density at radius 1 is 1.28 bits per heavy atom. The van der Waals surface area contributed by atoms with Gasteiger partial charge in [0, 0.05) is 18.4 Å². The zero-order valence-electron chi connectivity index (χ0n) is 10.4. The van der Waals surface area contributed by atoms with Crippen LogP contribution in [0.4, 0.5) is 10.2 Å². The standard InChI is InChI=1S/C13H15FN4/c1-3-15-13-12(14)9(2)17-11(18-13)8-10-6-4-5-7-16-10/h4-7H,3,8H2,1-2H3,(H,15,17,18). The minimum absolute atomic E-state index is 0.260. The van der Waals surface area contributed by atoms with Crippen LogP contribution in [0.2, 0.25) is 0 Å². The molecule has 0 saturated heterocycles. The van der Waals surface area contributed by atoms with E-state index in [-0.39, 0.29) is 11.6 Å². The maximum Gasteiger partial charge on any atom is 0.186 e. The van der Waals surface area contributed by atoms with E-state index in [2.05, 4.69) is 20.3 Å². The van der Waals surface area contributed by atoms with Gasteiger partial charge in [-0.25, -0.2) is 14.4 Å². The van der Waals surface area contributed by atoms with Crippen LogP contribution >= 0.6 is 0 Å². The second-order valence-corrected chi connectivity index (χ2v) is 3.92. The average molecular weight is 246 g/mol. The number of anilines is 1. The lowest BCUT2D eigenvalue weighted by molar-refractivity contribution is 0.601. The molecule has 1 N–H and O–H groups in total. The third-order valence-electron chi connectivity index (χ3n) is 2.47. The Balaban J connectivity index is 2.28. The molecule has 0 spiro atoms. The normalized spacial score (nSPS) is 10.4. The van der Waals surface area contributed by atoms with E-state index in [0.717, 1.165) is 5.69 Å². The Hall–Kier alpha value is -2.04. The van der Waals surface area contributed by atoms with E-state index in [0.29, 0.717) is 24.5 Å². The van der Waals surface area contributed by atoms with E-state index >= 15 is 0 Å². The number of rotatable bonds is 4. The molecule has 0 radical (unpaired) electrons. The molecule has 2 rings (SSSR count). The molecule has 0 aliphatic heterocycles. The van der Waals surface area contributed by atoms with Crippen molar-refractivity contribution < 1.29 is 4.39 Å². The minimum Gasteiger partial charge on any atom is -0.368 e. The van der Waals surface area contributed by atoms with Crippen LogP contribution in [-0.4, -0.2) is 21.5 Å². The van der Waals surface area contributed by atoms with Gasteiger partial charge in [0.2, 0.25) is 0 Å². The lowest BCUT2D eigenvalue weighted by Gasteiger charge is -2.08. The van der Waals surface area contributed by atoms with Crippen molar-refractivity contribution >= 4 is 5.82 Å². The smallest absolute Gasteiger partial charge is 0.186 e. The fourth-order valence-corrected chi connectivity index (χ4v) is 1.65. The minimum atomic E-state index is -0.387. The van der Waals surface area contributed by atoms with Gasteiger partial charge in [-0.3, -0.25) is 4.98 Å². The molecule has 0 bridgehead atoms. The van der Waals surface area contributed by atoms with Gasteiger partial charge in [-0.05, 0) is 26.0 Å². The van der Waals surface area contributed by atoms with Gasteiger partial charge < -0.3 is 5.32 Å². The molecule has 2 aromatic heterocycles. The summed E-state index contributed by atoms with van der Waals surface area (Å²) >= 11 is 0. The number of hydrogen-bond acceptors (Lipinski definition) is 4. The predicted molar refractivity (Wildman–Crippen MR) is 67.9 cm³/mol. The van der Waals surface area contributed by atoms with Crippen LogP contribution in [0, 0.1) is 12.7 Å². The molecule has 0 aromatic carbocycles. The van der Waals surface area contributed by atoms with Crippen LogP contribution in [0.25, 0.3) is 0 Å². The topological polar surface area (TPSA) is 50.7 Å². The maximum absolute atomic E-state index is 13.7. The van der Waals surface area contributed by atoms with Gasteiger partial charge in [0.05, 0.1) is 12.1 Å². The first-order valence-electron chi connectivity index (χ1n) is 5.87. The SMILES string of the molecule is CCNc1nc(Cc2ccccn2)nc(C)c1F. The summed E-state index contributed by atoms with van der Waals surface area (Å²) in [6.07, 6.45) is 2.22. The number of pyridine rings is 1. The molecule has 0 aliphatic carbocycles. The molecule has 0 amide bonds. The van der Waals surface area contributed by atoms with E-state index in [1.165, 1.54) is 0 Å². The van der Waals surface area contributed by atoms with Crippen LogP contribution < -0.4 is 5.32 Å². The Bertz CT molecular complexity index is 528. The van der Waals surface area contributed by atoms with Gasteiger partial charge in [0.1, 0.15) is 5.82 Å². The highest BCUT2D eigenvalue weighted by molar-refractivity contribution is 5.38. The number of nitrogens with one attached hydrogen (secondary N) is 1. The largest absolute Gasteiger partial charge is 0.368 e. The molecule has 0 atom stereocenters. The number of nitrogens with zero attached hydrogens (tertiary/aromatic N) is 3. The van der Waals surface area contributed by atoms with Gasteiger partial charge in [-0.1, -0.05) is 6.07 Å². The van der Waals surface area contributed by atoms with E-state index in [1.807, 2.05) is 25.1 Å².